The van der Waals surface area contributed by atoms with E-state index in [1.54, 1.807) is 0 Å². The number of carbonyl (C=O) groups excluding carboxylic acids is 1. The molecule has 160 valence electrons. The van der Waals surface area contributed by atoms with Crippen LogP contribution in [0.4, 0.5) is 13.2 Å². The van der Waals surface area contributed by atoms with Gasteiger partial charge in [0.2, 0.25) is 5.91 Å². The predicted molar refractivity (Wildman–Crippen MR) is 112 cm³/mol. The molecule has 1 amide bonds. The van der Waals surface area contributed by atoms with Crippen molar-refractivity contribution in [2.75, 3.05) is 33.0 Å². The summed E-state index contributed by atoms with van der Waals surface area (Å²) in [7, 11) is 4.19. The van der Waals surface area contributed by atoms with Crippen molar-refractivity contribution in [2.45, 2.75) is 18.0 Å². The normalized spacial score (nSPS) is 11.0. The van der Waals surface area contributed by atoms with Gasteiger partial charge in [-0.05, 0) is 57.4 Å². The van der Waals surface area contributed by atoms with Crippen molar-refractivity contribution in [1.82, 2.24) is 4.90 Å². The third-order valence-electron chi connectivity index (χ3n) is 3.48. The van der Waals surface area contributed by atoms with Crippen LogP contribution in [-0.2, 0) is 6.18 Å². The molecule has 0 spiro atoms. The molecule has 9 heteroatoms. The zero-order valence-corrected chi connectivity index (χ0v) is 18.0. The van der Waals surface area contributed by atoms with Crippen LogP contribution in [0.3, 0.4) is 0 Å². The molecule has 0 atom stereocenters. The third-order valence-corrected chi connectivity index (χ3v) is 4.78. The van der Waals surface area contributed by atoms with Crippen molar-refractivity contribution in [3.63, 3.8) is 0 Å². The van der Waals surface area contributed by atoms with Crippen LogP contribution in [0.25, 0.3) is 0 Å². The standard InChI is InChI=1S/C12H19NOS.C8H5ClF3NO/c1-4-14-11-6-5-7-12(10-11)15-9-8-13(2)3;9-6-2-1-4(7(13)14)3-5(6)8(10,11)12/h5-7,10H,4,8-9H2,1-3H3;1-3H,(H2,13,14). The first kappa shape index (κ1) is 25.1. The van der Waals surface area contributed by atoms with Gasteiger partial charge in [0.05, 0.1) is 17.2 Å². The van der Waals surface area contributed by atoms with E-state index in [9.17, 15) is 18.0 Å². The van der Waals surface area contributed by atoms with E-state index in [1.807, 2.05) is 30.8 Å². The van der Waals surface area contributed by atoms with Crippen molar-refractivity contribution in [3.8, 4) is 5.75 Å². The number of hydrogen-bond donors (Lipinski definition) is 1. The van der Waals surface area contributed by atoms with Gasteiger partial charge in [-0.25, -0.2) is 0 Å². The number of thioether (sulfide) groups is 1. The highest BCUT2D eigenvalue weighted by Gasteiger charge is 2.33. The summed E-state index contributed by atoms with van der Waals surface area (Å²) in [6.07, 6.45) is -4.58. The number of amides is 1. The smallest absolute Gasteiger partial charge is 0.417 e. The molecule has 0 fully saturated rings. The number of hydrogen-bond acceptors (Lipinski definition) is 4. The molecule has 0 saturated carbocycles. The summed E-state index contributed by atoms with van der Waals surface area (Å²) in [5.74, 6) is 1.15. The van der Waals surface area contributed by atoms with E-state index in [0.29, 0.717) is 6.07 Å². The fraction of sp³-hybridized carbons (Fsp3) is 0.350. The summed E-state index contributed by atoms with van der Waals surface area (Å²) in [6.45, 7) is 3.83. The van der Waals surface area contributed by atoms with Gasteiger partial charge >= 0.3 is 6.18 Å². The van der Waals surface area contributed by atoms with Gasteiger partial charge in [-0.1, -0.05) is 17.7 Å². The lowest BCUT2D eigenvalue weighted by Gasteiger charge is -2.09. The summed E-state index contributed by atoms with van der Waals surface area (Å²) in [5.41, 5.74) is 3.55. The van der Waals surface area contributed by atoms with Crippen LogP contribution in [-0.4, -0.2) is 43.8 Å². The number of primary amides is 1. The van der Waals surface area contributed by atoms with Gasteiger partial charge in [0.25, 0.3) is 0 Å². The molecule has 2 aromatic rings. The van der Waals surface area contributed by atoms with E-state index in [0.717, 1.165) is 36.8 Å². The first-order valence-corrected chi connectivity index (χ1v) is 10.1. The fourth-order valence-electron chi connectivity index (χ4n) is 2.06. The van der Waals surface area contributed by atoms with Gasteiger partial charge < -0.3 is 15.4 Å². The number of halogens is 4. The van der Waals surface area contributed by atoms with E-state index in [4.69, 9.17) is 22.1 Å². The summed E-state index contributed by atoms with van der Waals surface area (Å²) in [5, 5.41) is -0.456. The highest BCUT2D eigenvalue weighted by molar-refractivity contribution is 7.99. The lowest BCUT2D eigenvalue weighted by atomic mass is 10.1. The van der Waals surface area contributed by atoms with E-state index in [-0.39, 0.29) is 5.56 Å². The number of carbonyl (C=O) groups is 1. The van der Waals surface area contributed by atoms with Crippen LogP contribution in [0.2, 0.25) is 5.02 Å². The molecular formula is C20H24ClF3N2O2S. The molecule has 29 heavy (non-hydrogen) atoms. The largest absolute Gasteiger partial charge is 0.494 e. The van der Waals surface area contributed by atoms with Crippen LogP contribution in [0.1, 0.15) is 22.8 Å². The lowest BCUT2D eigenvalue weighted by Crippen LogP contribution is -2.14. The number of nitrogens with two attached hydrogens (primary N) is 1. The molecule has 0 heterocycles. The Morgan fingerprint density at radius 1 is 1.21 bits per heavy atom. The molecule has 2 aromatic carbocycles. The molecule has 4 nitrogen and oxygen atoms in total. The molecule has 0 saturated heterocycles. The summed E-state index contributed by atoms with van der Waals surface area (Å²) < 4.78 is 42.2. The first-order chi connectivity index (χ1) is 13.5. The van der Waals surface area contributed by atoms with Gasteiger partial charge in [-0.2, -0.15) is 13.2 Å². The van der Waals surface area contributed by atoms with Crippen LogP contribution in [0.15, 0.2) is 47.4 Å². The monoisotopic (exact) mass is 448 g/mol. The molecule has 0 aliphatic rings. The van der Waals surface area contributed by atoms with E-state index < -0.39 is 22.7 Å². The zero-order chi connectivity index (χ0) is 22.0. The number of benzene rings is 2. The second-order valence-corrected chi connectivity index (χ2v) is 7.69. The van der Waals surface area contributed by atoms with E-state index in [2.05, 4.69) is 31.1 Å². The van der Waals surface area contributed by atoms with Gasteiger partial charge in [-0.3, -0.25) is 4.79 Å². The highest BCUT2D eigenvalue weighted by atomic mass is 35.5. The highest BCUT2D eigenvalue weighted by Crippen LogP contribution is 2.35. The van der Waals surface area contributed by atoms with Gasteiger partial charge in [0.1, 0.15) is 5.75 Å². The number of ether oxygens (including phenoxy) is 1. The van der Waals surface area contributed by atoms with Crippen LogP contribution in [0, 0.1) is 0 Å². The minimum atomic E-state index is -4.58. The SMILES string of the molecule is CCOc1cccc(SCCN(C)C)c1.NC(=O)c1ccc(Cl)c(C(F)(F)F)c1. The Morgan fingerprint density at radius 2 is 1.90 bits per heavy atom. The maximum absolute atomic E-state index is 12.3. The number of alkyl halides is 3. The van der Waals surface area contributed by atoms with E-state index in [1.165, 1.54) is 4.90 Å². The van der Waals surface area contributed by atoms with Crippen molar-refractivity contribution < 1.29 is 22.7 Å². The average Bonchev–Trinajstić information content (AvgIpc) is 2.62. The maximum atomic E-state index is 12.3. The topological polar surface area (TPSA) is 55.6 Å². The van der Waals surface area contributed by atoms with Crippen LogP contribution in [0.5, 0.6) is 5.75 Å². The molecule has 0 aromatic heterocycles. The Bertz CT molecular complexity index is 802. The summed E-state index contributed by atoms with van der Waals surface area (Å²) in [4.78, 5) is 14.1. The quantitative estimate of drug-likeness (QED) is 0.592. The van der Waals surface area contributed by atoms with Gasteiger partial charge in [0.15, 0.2) is 0 Å². The van der Waals surface area contributed by atoms with E-state index >= 15 is 0 Å². The molecule has 0 aliphatic heterocycles. The number of rotatable bonds is 7. The van der Waals surface area contributed by atoms with Crippen molar-refractivity contribution >= 4 is 29.3 Å². The van der Waals surface area contributed by atoms with Crippen LogP contribution >= 0.6 is 23.4 Å². The molecule has 0 radical (unpaired) electrons. The second-order valence-electron chi connectivity index (χ2n) is 6.12. The summed E-state index contributed by atoms with van der Waals surface area (Å²) in [6, 6.07) is 11.0. The van der Waals surface area contributed by atoms with Gasteiger partial charge in [0, 0.05) is 22.8 Å². The maximum Gasteiger partial charge on any atom is 0.417 e. The Morgan fingerprint density at radius 3 is 2.45 bits per heavy atom. The molecule has 2 rings (SSSR count). The minimum absolute atomic E-state index is 0.221. The minimum Gasteiger partial charge on any atom is -0.494 e. The van der Waals surface area contributed by atoms with Crippen LogP contribution < -0.4 is 10.5 Å². The molecule has 0 bridgehead atoms. The summed E-state index contributed by atoms with van der Waals surface area (Å²) >= 11 is 7.18. The number of nitrogens with zero attached hydrogens (tertiary/aromatic N) is 1. The van der Waals surface area contributed by atoms with Gasteiger partial charge in [-0.15, -0.1) is 11.8 Å². The fourth-order valence-corrected chi connectivity index (χ4v) is 3.35. The Balaban J connectivity index is 0.000000291. The molecular weight excluding hydrogens is 425 g/mol. The average molecular weight is 449 g/mol. The zero-order valence-electron chi connectivity index (χ0n) is 16.4. The van der Waals surface area contributed by atoms with Crippen molar-refractivity contribution in [2.24, 2.45) is 5.73 Å². The van der Waals surface area contributed by atoms with Crippen molar-refractivity contribution in [1.29, 1.82) is 0 Å². The third kappa shape index (κ3) is 9.43. The predicted octanol–water partition coefficient (Wildman–Crippen LogP) is 5.20. The van der Waals surface area contributed by atoms with Crippen molar-refractivity contribution in [3.05, 3.63) is 58.6 Å². The lowest BCUT2D eigenvalue weighted by molar-refractivity contribution is -0.137. The Labute approximate surface area is 178 Å². The molecule has 0 unspecified atom stereocenters. The molecule has 0 aliphatic carbocycles. The Hall–Kier alpha value is -1.90. The molecule has 2 N–H and O–H groups in total. The Kier molecular flexibility index (Phi) is 10.4. The second kappa shape index (κ2) is 11.9. The first-order valence-electron chi connectivity index (χ1n) is 8.71.